The van der Waals surface area contributed by atoms with E-state index in [0.717, 1.165) is 12.5 Å². The fraction of sp³-hybridized carbons (Fsp3) is 0.714. The minimum atomic E-state index is 0.639. The molecule has 0 aromatic carbocycles. The highest BCUT2D eigenvalue weighted by Gasteiger charge is 2.06. The second-order valence-corrected chi connectivity index (χ2v) is 6.63. The van der Waals surface area contributed by atoms with Crippen LogP contribution in [0.4, 0.5) is 0 Å². The smallest absolute Gasteiger partial charge is 0.00495 e. The molecule has 0 aliphatic rings. The van der Waals surface area contributed by atoms with Gasteiger partial charge < -0.3 is 5.32 Å². The molecular formula is C14H25NS. The molecule has 1 aromatic rings. The van der Waals surface area contributed by atoms with Crippen molar-refractivity contribution < 1.29 is 0 Å². The van der Waals surface area contributed by atoms with Crippen LogP contribution >= 0.6 is 11.3 Å². The Morgan fingerprint density at radius 1 is 1.25 bits per heavy atom. The highest BCUT2D eigenvalue weighted by molar-refractivity contribution is 7.12. The predicted molar refractivity (Wildman–Crippen MR) is 74.4 cm³/mol. The average molecular weight is 239 g/mol. The fourth-order valence-corrected chi connectivity index (χ4v) is 3.15. The molecule has 1 aromatic heterocycles. The predicted octanol–water partition coefficient (Wildman–Crippen LogP) is 3.93. The molecular weight excluding hydrogens is 214 g/mol. The third-order valence-corrected chi connectivity index (χ3v) is 3.86. The molecule has 1 atom stereocenters. The summed E-state index contributed by atoms with van der Waals surface area (Å²) in [5.41, 5.74) is 1.52. The van der Waals surface area contributed by atoms with E-state index in [2.05, 4.69) is 46.0 Å². The average Bonchev–Trinajstić information content (AvgIpc) is 2.44. The van der Waals surface area contributed by atoms with Gasteiger partial charge >= 0.3 is 0 Å². The van der Waals surface area contributed by atoms with Gasteiger partial charge in [-0.2, -0.15) is 0 Å². The van der Waals surface area contributed by atoms with Gasteiger partial charge in [0.15, 0.2) is 0 Å². The van der Waals surface area contributed by atoms with Crippen molar-refractivity contribution in [1.29, 1.82) is 0 Å². The van der Waals surface area contributed by atoms with Crippen molar-refractivity contribution in [3.8, 4) is 0 Å². The molecule has 0 radical (unpaired) electrons. The van der Waals surface area contributed by atoms with Crippen LogP contribution in [0.15, 0.2) is 6.07 Å². The molecule has 0 saturated heterocycles. The van der Waals surface area contributed by atoms with Gasteiger partial charge in [0, 0.05) is 15.8 Å². The van der Waals surface area contributed by atoms with Crippen molar-refractivity contribution in [3.05, 3.63) is 21.4 Å². The van der Waals surface area contributed by atoms with Gasteiger partial charge in [-0.25, -0.2) is 0 Å². The first-order valence-corrected chi connectivity index (χ1v) is 7.10. The lowest BCUT2D eigenvalue weighted by Gasteiger charge is -2.15. The Kier molecular flexibility index (Phi) is 5.50. The second kappa shape index (κ2) is 6.41. The molecule has 1 nitrogen and oxygen atoms in total. The van der Waals surface area contributed by atoms with E-state index in [1.165, 1.54) is 28.2 Å². The van der Waals surface area contributed by atoms with E-state index >= 15 is 0 Å². The van der Waals surface area contributed by atoms with Crippen LogP contribution in [-0.2, 0) is 6.42 Å². The molecule has 0 spiro atoms. The number of aryl methyl sites for hydroxylation is 2. The maximum absolute atomic E-state index is 3.60. The van der Waals surface area contributed by atoms with Gasteiger partial charge in [-0.1, -0.05) is 13.8 Å². The molecule has 0 aliphatic heterocycles. The van der Waals surface area contributed by atoms with E-state index in [1.807, 2.05) is 11.3 Å². The van der Waals surface area contributed by atoms with Crippen LogP contribution in [0, 0.1) is 19.8 Å². The molecule has 92 valence electrons. The van der Waals surface area contributed by atoms with Crippen LogP contribution in [0.1, 0.15) is 42.5 Å². The zero-order valence-electron chi connectivity index (χ0n) is 11.3. The molecule has 0 fully saturated rings. The minimum Gasteiger partial charge on any atom is -0.314 e. The van der Waals surface area contributed by atoms with E-state index < -0.39 is 0 Å². The Morgan fingerprint density at radius 2 is 1.94 bits per heavy atom. The lowest BCUT2D eigenvalue weighted by Crippen LogP contribution is -2.29. The van der Waals surface area contributed by atoms with Crippen LogP contribution in [-0.4, -0.2) is 12.6 Å². The van der Waals surface area contributed by atoms with Crippen molar-refractivity contribution in [1.82, 2.24) is 5.32 Å². The summed E-state index contributed by atoms with van der Waals surface area (Å²) in [4.78, 5) is 2.92. The van der Waals surface area contributed by atoms with E-state index in [4.69, 9.17) is 0 Å². The Morgan fingerprint density at radius 3 is 2.44 bits per heavy atom. The molecule has 1 heterocycles. The highest BCUT2D eigenvalue weighted by Crippen LogP contribution is 2.20. The molecule has 1 N–H and O–H groups in total. The van der Waals surface area contributed by atoms with Gasteiger partial charge in [-0.3, -0.25) is 0 Å². The Bertz CT molecular complexity index is 315. The summed E-state index contributed by atoms with van der Waals surface area (Å²) >= 11 is 1.91. The van der Waals surface area contributed by atoms with Crippen molar-refractivity contribution in [3.63, 3.8) is 0 Å². The maximum atomic E-state index is 3.60. The van der Waals surface area contributed by atoms with Gasteiger partial charge in [0.2, 0.25) is 0 Å². The summed E-state index contributed by atoms with van der Waals surface area (Å²) in [6.07, 6.45) is 2.43. The van der Waals surface area contributed by atoms with Gasteiger partial charge in [0.1, 0.15) is 0 Å². The summed E-state index contributed by atoms with van der Waals surface area (Å²) < 4.78 is 0. The van der Waals surface area contributed by atoms with E-state index in [-0.39, 0.29) is 0 Å². The van der Waals surface area contributed by atoms with Crippen LogP contribution in [0.2, 0.25) is 0 Å². The summed E-state index contributed by atoms with van der Waals surface area (Å²) in [6, 6.07) is 2.97. The zero-order chi connectivity index (χ0) is 12.1. The first-order chi connectivity index (χ1) is 7.49. The highest BCUT2D eigenvalue weighted by atomic mass is 32.1. The second-order valence-electron chi connectivity index (χ2n) is 5.17. The van der Waals surface area contributed by atoms with Gasteiger partial charge in [-0.05, 0) is 57.7 Å². The Hall–Kier alpha value is -0.340. The Balaban J connectivity index is 2.27. The first-order valence-electron chi connectivity index (χ1n) is 6.28. The van der Waals surface area contributed by atoms with Crippen molar-refractivity contribution in [2.24, 2.45) is 5.92 Å². The van der Waals surface area contributed by atoms with Gasteiger partial charge in [-0.15, -0.1) is 11.3 Å². The van der Waals surface area contributed by atoms with Crippen molar-refractivity contribution >= 4 is 11.3 Å². The van der Waals surface area contributed by atoms with Crippen LogP contribution in [0.3, 0.4) is 0 Å². The first kappa shape index (κ1) is 13.7. The van der Waals surface area contributed by atoms with Crippen molar-refractivity contribution in [2.75, 3.05) is 6.54 Å². The number of hydrogen-bond donors (Lipinski definition) is 1. The number of rotatable bonds is 6. The number of hydrogen-bond acceptors (Lipinski definition) is 2. The lowest BCUT2D eigenvalue weighted by molar-refractivity contribution is 0.445. The molecule has 1 unspecified atom stereocenters. The normalized spacial score (nSPS) is 13.4. The maximum Gasteiger partial charge on any atom is 0.00495 e. The summed E-state index contributed by atoms with van der Waals surface area (Å²) in [5.74, 6) is 0.785. The Labute approximate surface area is 104 Å². The standard InChI is InChI=1S/C14H25NS/c1-10(2)8-11(3)15-7-6-14-9-12(4)16-13(14)5/h9-11,15H,6-8H2,1-5H3. The molecule has 0 amide bonds. The molecule has 16 heavy (non-hydrogen) atoms. The molecule has 0 saturated carbocycles. The fourth-order valence-electron chi connectivity index (χ4n) is 2.18. The van der Waals surface area contributed by atoms with Crippen LogP contribution in [0.5, 0.6) is 0 Å². The monoisotopic (exact) mass is 239 g/mol. The number of thiophene rings is 1. The molecule has 2 heteroatoms. The van der Waals surface area contributed by atoms with E-state index in [9.17, 15) is 0 Å². The largest absolute Gasteiger partial charge is 0.314 e. The quantitative estimate of drug-likeness (QED) is 0.793. The topological polar surface area (TPSA) is 12.0 Å². The van der Waals surface area contributed by atoms with Crippen LogP contribution < -0.4 is 5.32 Å². The summed E-state index contributed by atoms with van der Waals surface area (Å²) in [6.45, 7) is 12.4. The third kappa shape index (κ3) is 4.67. The molecule has 0 aliphatic carbocycles. The molecule has 0 bridgehead atoms. The lowest BCUT2D eigenvalue weighted by atomic mass is 10.1. The SMILES string of the molecule is Cc1cc(CCNC(C)CC(C)C)c(C)s1. The van der Waals surface area contributed by atoms with Crippen molar-refractivity contribution in [2.45, 2.75) is 53.5 Å². The van der Waals surface area contributed by atoms with Crippen LogP contribution in [0.25, 0.3) is 0 Å². The summed E-state index contributed by atoms with van der Waals surface area (Å²) in [5, 5.41) is 3.60. The molecule has 1 rings (SSSR count). The third-order valence-electron chi connectivity index (χ3n) is 2.86. The number of nitrogens with one attached hydrogen (secondary N) is 1. The van der Waals surface area contributed by atoms with E-state index in [0.29, 0.717) is 6.04 Å². The zero-order valence-corrected chi connectivity index (χ0v) is 12.1. The van der Waals surface area contributed by atoms with Gasteiger partial charge in [0.05, 0.1) is 0 Å². The minimum absolute atomic E-state index is 0.639. The summed E-state index contributed by atoms with van der Waals surface area (Å²) in [7, 11) is 0. The van der Waals surface area contributed by atoms with E-state index in [1.54, 1.807) is 0 Å². The van der Waals surface area contributed by atoms with Gasteiger partial charge in [0.25, 0.3) is 0 Å².